The normalized spacial score (nSPS) is 11.8. The van der Waals surface area contributed by atoms with E-state index in [0.717, 1.165) is 12.1 Å². The summed E-state index contributed by atoms with van der Waals surface area (Å²) >= 11 is 0. The Hall–Kier alpha value is -2.82. The van der Waals surface area contributed by atoms with Crippen LogP contribution in [-0.2, 0) is 27.8 Å². The number of benzene rings is 2. The summed E-state index contributed by atoms with van der Waals surface area (Å²) in [6.45, 7) is 0.504. The minimum Gasteiger partial charge on any atom is -0.497 e. The number of halogens is 2. The molecule has 166 valence electrons. The van der Waals surface area contributed by atoms with Gasteiger partial charge in [-0.25, -0.2) is 22.2 Å². The largest absolute Gasteiger partial charge is 0.497 e. The van der Waals surface area contributed by atoms with Gasteiger partial charge in [0.1, 0.15) is 11.6 Å². The molecule has 2 aromatic carbocycles. The second-order valence-electron chi connectivity index (χ2n) is 6.73. The van der Waals surface area contributed by atoms with Gasteiger partial charge in [0.05, 0.1) is 25.2 Å². The van der Waals surface area contributed by atoms with Gasteiger partial charge in [0, 0.05) is 32.6 Å². The lowest BCUT2D eigenvalue weighted by Gasteiger charge is -2.22. The van der Waals surface area contributed by atoms with Gasteiger partial charge < -0.3 is 14.0 Å². The topological polar surface area (TPSA) is 73.7 Å². The molecule has 0 radical (unpaired) electrons. The Morgan fingerprint density at radius 1 is 1.06 bits per heavy atom. The smallest absolute Gasteiger partial charge is 0.243 e. The quantitative estimate of drug-likeness (QED) is 0.474. The molecule has 0 saturated heterocycles. The standard InChI is InChI=1S/C21H23F2N3O4S/c1-29-12-11-26(31(27,28)18-6-4-17(30-2)5-7-18)15-21-24-9-10-25(21)14-16-3-8-19(22)20(23)13-16/h3-10,13H,11-12,14-15H2,1-2H3. The van der Waals surface area contributed by atoms with Crippen molar-refractivity contribution in [3.05, 3.63) is 77.9 Å². The molecule has 7 nitrogen and oxygen atoms in total. The maximum absolute atomic E-state index is 13.5. The van der Waals surface area contributed by atoms with E-state index in [1.165, 1.54) is 42.9 Å². The summed E-state index contributed by atoms with van der Waals surface area (Å²) < 4.78 is 66.3. The van der Waals surface area contributed by atoms with E-state index >= 15 is 0 Å². The Morgan fingerprint density at radius 2 is 1.81 bits per heavy atom. The monoisotopic (exact) mass is 451 g/mol. The predicted octanol–water partition coefficient (Wildman–Crippen LogP) is 3.06. The van der Waals surface area contributed by atoms with Crippen molar-refractivity contribution < 1.29 is 26.7 Å². The molecule has 0 atom stereocenters. The van der Waals surface area contributed by atoms with Crippen molar-refractivity contribution in [2.24, 2.45) is 0 Å². The summed E-state index contributed by atoms with van der Waals surface area (Å²) in [6.07, 6.45) is 3.19. The molecule has 0 aliphatic carbocycles. The summed E-state index contributed by atoms with van der Waals surface area (Å²) in [4.78, 5) is 4.38. The number of methoxy groups -OCH3 is 2. The average molecular weight is 451 g/mol. The van der Waals surface area contributed by atoms with Gasteiger partial charge in [-0.1, -0.05) is 6.07 Å². The Kier molecular flexibility index (Phi) is 7.37. The van der Waals surface area contributed by atoms with E-state index in [0.29, 0.717) is 17.1 Å². The van der Waals surface area contributed by atoms with E-state index in [9.17, 15) is 17.2 Å². The van der Waals surface area contributed by atoms with Crippen molar-refractivity contribution in [2.45, 2.75) is 18.0 Å². The molecule has 0 amide bonds. The summed E-state index contributed by atoms with van der Waals surface area (Å²) in [5, 5.41) is 0. The van der Waals surface area contributed by atoms with Gasteiger partial charge in [0.25, 0.3) is 0 Å². The highest BCUT2D eigenvalue weighted by Gasteiger charge is 2.26. The minimum absolute atomic E-state index is 0.0194. The Labute approximate surface area is 179 Å². The molecule has 0 spiro atoms. The van der Waals surface area contributed by atoms with Crippen LogP contribution in [0.4, 0.5) is 8.78 Å². The number of hydrogen-bond donors (Lipinski definition) is 0. The van der Waals surface area contributed by atoms with Gasteiger partial charge in [0.2, 0.25) is 10.0 Å². The lowest BCUT2D eigenvalue weighted by atomic mass is 10.2. The molecule has 0 bridgehead atoms. The Balaban J connectivity index is 1.86. The van der Waals surface area contributed by atoms with Crippen LogP contribution in [0.25, 0.3) is 0 Å². The third-order valence-electron chi connectivity index (χ3n) is 4.70. The van der Waals surface area contributed by atoms with Crippen LogP contribution in [0, 0.1) is 11.6 Å². The van der Waals surface area contributed by atoms with Crippen LogP contribution >= 0.6 is 0 Å². The number of hydrogen-bond acceptors (Lipinski definition) is 5. The molecule has 1 heterocycles. The van der Waals surface area contributed by atoms with Crippen LogP contribution in [0.1, 0.15) is 11.4 Å². The zero-order valence-electron chi connectivity index (χ0n) is 17.2. The van der Waals surface area contributed by atoms with Gasteiger partial charge in [-0.05, 0) is 42.0 Å². The number of sulfonamides is 1. The van der Waals surface area contributed by atoms with Gasteiger partial charge in [0.15, 0.2) is 11.6 Å². The first-order valence-corrected chi connectivity index (χ1v) is 10.9. The molecule has 1 aromatic heterocycles. The number of ether oxygens (including phenoxy) is 2. The van der Waals surface area contributed by atoms with Crippen molar-refractivity contribution in [1.29, 1.82) is 0 Å². The van der Waals surface area contributed by atoms with E-state index in [2.05, 4.69) is 4.98 Å². The van der Waals surface area contributed by atoms with Crippen LogP contribution < -0.4 is 4.74 Å². The van der Waals surface area contributed by atoms with E-state index in [1.807, 2.05) is 0 Å². The SMILES string of the molecule is COCCN(Cc1nccn1Cc1ccc(F)c(F)c1)S(=O)(=O)c1ccc(OC)cc1. The number of rotatable bonds is 10. The van der Waals surface area contributed by atoms with Crippen molar-refractivity contribution in [1.82, 2.24) is 13.9 Å². The zero-order chi connectivity index (χ0) is 22.4. The first kappa shape index (κ1) is 22.9. The van der Waals surface area contributed by atoms with Crippen LogP contribution in [0.2, 0.25) is 0 Å². The fourth-order valence-electron chi connectivity index (χ4n) is 3.00. The lowest BCUT2D eigenvalue weighted by molar-refractivity contribution is 0.176. The average Bonchev–Trinajstić information content (AvgIpc) is 3.20. The van der Waals surface area contributed by atoms with Gasteiger partial charge in [-0.3, -0.25) is 0 Å². The van der Waals surface area contributed by atoms with Gasteiger partial charge >= 0.3 is 0 Å². The van der Waals surface area contributed by atoms with E-state index in [-0.39, 0.29) is 31.1 Å². The van der Waals surface area contributed by atoms with Crippen LogP contribution in [0.15, 0.2) is 59.8 Å². The second kappa shape index (κ2) is 9.99. The first-order valence-electron chi connectivity index (χ1n) is 9.42. The molecule has 0 N–H and O–H groups in total. The Bertz CT molecular complexity index is 1120. The minimum atomic E-state index is -3.84. The van der Waals surface area contributed by atoms with Crippen molar-refractivity contribution >= 4 is 10.0 Å². The molecule has 3 rings (SSSR count). The van der Waals surface area contributed by atoms with Crippen molar-refractivity contribution in [2.75, 3.05) is 27.4 Å². The molecule has 0 saturated carbocycles. The molecular formula is C21H23F2N3O4S. The summed E-state index contributed by atoms with van der Waals surface area (Å²) in [6, 6.07) is 9.73. The fourth-order valence-corrected chi connectivity index (χ4v) is 4.38. The van der Waals surface area contributed by atoms with E-state index in [1.54, 1.807) is 22.9 Å². The van der Waals surface area contributed by atoms with Gasteiger partial charge in [-0.15, -0.1) is 0 Å². The van der Waals surface area contributed by atoms with E-state index in [4.69, 9.17) is 9.47 Å². The lowest BCUT2D eigenvalue weighted by Crippen LogP contribution is -2.34. The van der Waals surface area contributed by atoms with Crippen molar-refractivity contribution in [3.8, 4) is 5.75 Å². The molecule has 10 heteroatoms. The van der Waals surface area contributed by atoms with Crippen LogP contribution in [0.3, 0.4) is 0 Å². The van der Waals surface area contributed by atoms with E-state index < -0.39 is 21.7 Å². The molecule has 31 heavy (non-hydrogen) atoms. The van der Waals surface area contributed by atoms with Crippen LogP contribution in [0.5, 0.6) is 5.75 Å². The molecular weight excluding hydrogens is 428 g/mol. The molecule has 0 fully saturated rings. The maximum Gasteiger partial charge on any atom is 0.243 e. The summed E-state index contributed by atoms with van der Waals surface area (Å²) in [7, 11) is -0.852. The summed E-state index contributed by atoms with van der Waals surface area (Å²) in [5.74, 6) is -0.865. The summed E-state index contributed by atoms with van der Waals surface area (Å²) in [5.41, 5.74) is 0.527. The zero-order valence-corrected chi connectivity index (χ0v) is 18.0. The highest BCUT2D eigenvalue weighted by molar-refractivity contribution is 7.89. The van der Waals surface area contributed by atoms with Gasteiger partial charge in [-0.2, -0.15) is 4.31 Å². The molecule has 0 unspecified atom stereocenters. The third kappa shape index (κ3) is 5.46. The van der Waals surface area contributed by atoms with Crippen LogP contribution in [-0.4, -0.2) is 49.6 Å². The number of nitrogens with zero attached hydrogens (tertiary/aromatic N) is 3. The first-order chi connectivity index (χ1) is 14.8. The molecule has 0 aliphatic rings. The number of aromatic nitrogens is 2. The Morgan fingerprint density at radius 3 is 2.45 bits per heavy atom. The highest BCUT2D eigenvalue weighted by Crippen LogP contribution is 2.21. The molecule has 0 aliphatic heterocycles. The predicted molar refractivity (Wildman–Crippen MR) is 110 cm³/mol. The highest BCUT2D eigenvalue weighted by atomic mass is 32.2. The second-order valence-corrected chi connectivity index (χ2v) is 8.66. The third-order valence-corrected chi connectivity index (χ3v) is 6.56. The number of imidazole rings is 1. The maximum atomic E-state index is 13.5. The van der Waals surface area contributed by atoms with Crippen molar-refractivity contribution in [3.63, 3.8) is 0 Å². The fraction of sp³-hybridized carbons (Fsp3) is 0.286. The molecule has 3 aromatic rings.